The monoisotopic (exact) mass is 240 g/mol. The Labute approximate surface area is 101 Å². The number of benzene rings is 1. The van der Waals surface area contributed by atoms with E-state index in [1.165, 1.54) is 6.42 Å². The summed E-state index contributed by atoms with van der Waals surface area (Å²) >= 11 is 5.98. The van der Waals surface area contributed by atoms with E-state index in [0.717, 1.165) is 25.7 Å². The third-order valence-corrected chi connectivity index (χ3v) is 3.43. The Morgan fingerprint density at radius 2 is 1.88 bits per heavy atom. The van der Waals surface area contributed by atoms with Crippen LogP contribution in [0, 0.1) is 0 Å². The van der Waals surface area contributed by atoms with Crippen molar-refractivity contribution >= 4 is 11.6 Å². The van der Waals surface area contributed by atoms with E-state index in [1.54, 1.807) is 6.07 Å². The smallest absolute Gasteiger partial charge is 0.138 e. The van der Waals surface area contributed by atoms with Gasteiger partial charge in [0.1, 0.15) is 12.4 Å². The molecule has 0 bridgehead atoms. The molecule has 0 aliphatic heterocycles. The highest BCUT2D eigenvalue weighted by Gasteiger charge is 2.30. The van der Waals surface area contributed by atoms with E-state index in [0.29, 0.717) is 17.4 Å². The molecular formula is C13H17ClO2. The Hall–Kier alpha value is -0.730. The summed E-state index contributed by atoms with van der Waals surface area (Å²) in [6, 6.07) is 7.37. The van der Waals surface area contributed by atoms with Gasteiger partial charge in [-0.1, -0.05) is 43.0 Å². The second-order valence-corrected chi connectivity index (χ2v) is 4.91. The van der Waals surface area contributed by atoms with Gasteiger partial charge in [0.25, 0.3) is 0 Å². The third-order valence-electron chi connectivity index (χ3n) is 3.12. The second kappa shape index (κ2) is 5.07. The fourth-order valence-electron chi connectivity index (χ4n) is 2.13. The molecule has 0 saturated heterocycles. The van der Waals surface area contributed by atoms with Crippen LogP contribution in [0.4, 0.5) is 0 Å². The van der Waals surface area contributed by atoms with Crippen LogP contribution in [0.2, 0.25) is 5.02 Å². The second-order valence-electron chi connectivity index (χ2n) is 4.50. The lowest BCUT2D eigenvalue weighted by molar-refractivity contribution is -0.0338. The van der Waals surface area contributed by atoms with Gasteiger partial charge in [0.15, 0.2) is 0 Å². The molecule has 2 rings (SSSR count). The highest BCUT2D eigenvalue weighted by atomic mass is 35.5. The highest BCUT2D eigenvalue weighted by Crippen LogP contribution is 2.30. The molecule has 1 aromatic carbocycles. The summed E-state index contributed by atoms with van der Waals surface area (Å²) in [7, 11) is 0. The van der Waals surface area contributed by atoms with Crippen molar-refractivity contribution in [3.8, 4) is 5.75 Å². The predicted molar refractivity (Wildman–Crippen MR) is 65.0 cm³/mol. The predicted octanol–water partition coefficient (Wildman–Crippen LogP) is 3.41. The van der Waals surface area contributed by atoms with Crippen LogP contribution < -0.4 is 4.74 Å². The van der Waals surface area contributed by atoms with Crippen molar-refractivity contribution in [2.24, 2.45) is 0 Å². The van der Waals surface area contributed by atoms with Gasteiger partial charge in [-0.2, -0.15) is 0 Å². The molecule has 0 unspecified atom stereocenters. The van der Waals surface area contributed by atoms with Gasteiger partial charge in [-0.05, 0) is 25.0 Å². The molecule has 0 amide bonds. The molecule has 1 aliphatic carbocycles. The zero-order chi connectivity index (χ0) is 11.4. The molecule has 88 valence electrons. The summed E-state index contributed by atoms with van der Waals surface area (Å²) < 4.78 is 5.60. The van der Waals surface area contributed by atoms with Gasteiger partial charge in [-0.25, -0.2) is 0 Å². The van der Waals surface area contributed by atoms with E-state index < -0.39 is 5.60 Å². The number of rotatable bonds is 3. The van der Waals surface area contributed by atoms with E-state index in [2.05, 4.69) is 0 Å². The molecule has 0 radical (unpaired) electrons. The summed E-state index contributed by atoms with van der Waals surface area (Å²) in [6.45, 7) is 0.344. The maximum Gasteiger partial charge on any atom is 0.138 e. The number of hydrogen-bond acceptors (Lipinski definition) is 2. The van der Waals surface area contributed by atoms with E-state index in [-0.39, 0.29) is 0 Å². The van der Waals surface area contributed by atoms with Gasteiger partial charge in [0.2, 0.25) is 0 Å². The molecule has 0 spiro atoms. The molecule has 1 aliphatic rings. The molecule has 1 fully saturated rings. The number of ether oxygens (including phenoxy) is 1. The van der Waals surface area contributed by atoms with Crippen LogP contribution >= 0.6 is 11.6 Å². The molecule has 0 heterocycles. The quantitative estimate of drug-likeness (QED) is 0.877. The number of halogens is 1. The van der Waals surface area contributed by atoms with Crippen molar-refractivity contribution in [1.29, 1.82) is 0 Å². The van der Waals surface area contributed by atoms with E-state index in [4.69, 9.17) is 16.3 Å². The van der Waals surface area contributed by atoms with Crippen LogP contribution in [0.3, 0.4) is 0 Å². The summed E-state index contributed by atoms with van der Waals surface area (Å²) in [5.74, 6) is 0.656. The van der Waals surface area contributed by atoms with Crippen molar-refractivity contribution in [1.82, 2.24) is 0 Å². The molecule has 1 saturated carbocycles. The maximum atomic E-state index is 10.3. The molecule has 0 atom stereocenters. The average Bonchev–Trinajstić information content (AvgIpc) is 2.29. The Kier molecular flexibility index (Phi) is 3.72. The molecule has 1 aromatic rings. The zero-order valence-corrected chi connectivity index (χ0v) is 10.0. The van der Waals surface area contributed by atoms with Gasteiger partial charge >= 0.3 is 0 Å². The lowest BCUT2D eigenvalue weighted by Gasteiger charge is -2.31. The lowest BCUT2D eigenvalue weighted by Crippen LogP contribution is -2.37. The largest absolute Gasteiger partial charge is 0.489 e. The molecular weight excluding hydrogens is 224 g/mol. The Morgan fingerprint density at radius 3 is 2.56 bits per heavy atom. The van der Waals surface area contributed by atoms with Crippen LogP contribution in [0.1, 0.15) is 32.1 Å². The summed E-state index contributed by atoms with van der Waals surface area (Å²) in [5.41, 5.74) is -0.655. The topological polar surface area (TPSA) is 29.5 Å². The van der Waals surface area contributed by atoms with Crippen molar-refractivity contribution < 1.29 is 9.84 Å². The Bertz CT molecular complexity index is 346. The minimum absolute atomic E-state index is 0.344. The minimum atomic E-state index is -0.655. The average molecular weight is 241 g/mol. The van der Waals surface area contributed by atoms with Crippen molar-refractivity contribution in [3.63, 3.8) is 0 Å². The zero-order valence-electron chi connectivity index (χ0n) is 9.29. The van der Waals surface area contributed by atoms with Gasteiger partial charge in [-0.15, -0.1) is 0 Å². The van der Waals surface area contributed by atoms with Crippen molar-refractivity contribution in [3.05, 3.63) is 29.3 Å². The molecule has 3 heteroatoms. The number of hydrogen-bond donors (Lipinski definition) is 1. The fourth-order valence-corrected chi connectivity index (χ4v) is 2.32. The molecule has 0 aromatic heterocycles. The maximum absolute atomic E-state index is 10.3. The first-order valence-electron chi connectivity index (χ1n) is 5.79. The molecule has 16 heavy (non-hydrogen) atoms. The standard InChI is InChI=1S/C13H17ClO2/c14-11-6-2-3-7-12(11)16-10-13(15)8-4-1-5-9-13/h2-3,6-7,15H,1,4-5,8-10H2. The minimum Gasteiger partial charge on any atom is -0.489 e. The van der Waals surface area contributed by atoms with E-state index >= 15 is 0 Å². The van der Waals surface area contributed by atoms with Crippen LogP contribution in [0.5, 0.6) is 5.75 Å². The number of aliphatic hydroxyl groups is 1. The molecule has 2 nitrogen and oxygen atoms in total. The van der Waals surface area contributed by atoms with Gasteiger partial charge < -0.3 is 9.84 Å². The Balaban J connectivity index is 1.94. The van der Waals surface area contributed by atoms with Gasteiger partial charge in [-0.3, -0.25) is 0 Å². The normalized spacial score (nSPS) is 19.4. The summed E-state index contributed by atoms with van der Waals surface area (Å²) in [5, 5.41) is 10.9. The lowest BCUT2D eigenvalue weighted by atomic mass is 9.85. The van der Waals surface area contributed by atoms with Gasteiger partial charge in [0, 0.05) is 0 Å². The first kappa shape index (κ1) is 11.7. The van der Waals surface area contributed by atoms with Crippen LogP contribution in [-0.2, 0) is 0 Å². The summed E-state index contributed by atoms with van der Waals surface area (Å²) in [6.07, 6.45) is 5.05. The third kappa shape index (κ3) is 2.89. The van der Waals surface area contributed by atoms with E-state index in [9.17, 15) is 5.11 Å². The fraction of sp³-hybridized carbons (Fsp3) is 0.538. The van der Waals surface area contributed by atoms with Gasteiger partial charge in [0.05, 0.1) is 10.6 Å². The first-order chi connectivity index (χ1) is 7.70. The highest BCUT2D eigenvalue weighted by molar-refractivity contribution is 6.32. The Morgan fingerprint density at radius 1 is 1.19 bits per heavy atom. The van der Waals surface area contributed by atoms with Crippen molar-refractivity contribution in [2.45, 2.75) is 37.7 Å². The van der Waals surface area contributed by atoms with Crippen molar-refractivity contribution in [2.75, 3.05) is 6.61 Å². The van der Waals surface area contributed by atoms with Crippen LogP contribution in [0.15, 0.2) is 24.3 Å². The summed E-state index contributed by atoms with van der Waals surface area (Å²) in [4.78, 5) is 0. The van der Waals surface area contributed by atoms with E-state index in [1.807, 2.05) is 18.2 Å². The molecule has 1 N–H and O–H groups in total. The van der Waals surface area contributed by atoms with Crippen LogP contribution in [0.25, 0.3) is 0 Å². The first-order valence-corrected chi connectivity index (χ1v) is 6.17. The SMILES string of the molecule is OC1(COc2ccccc2Cl)CCCCC1. The number of para-hydroxylation sites is 1. The van der Waals surface area contributed by atoms with Crippen LogP contribution in [-0.4, -0.2) is 17.3 Å².